The molecule has 0 amide bonds. The van der Waals surface area contributed by atoms with E-state index in [2.05, 4.69) is 0 Å². The molecular formula is C10H18O5S. The molecule has 0 saturated carbocycles. The fraction of sp³-hybridized carbons (Fsp3) is 0.900. The molecule has 0 spiro atoms. The van der Waals surface area contributed by atoms with Gasteiger partial charge in [-0.05, 0) is 32.1 Å². The molecule has 1 saturated heterocycles. The topological polar surface area (TPSA) is 91.7 Å². The first kappa shape index (κ1) is 13.4. The summed E-state index contributed by atoms with van der Waals surface area (Å²) < 4.78 is 22.5. The van der Waals surface area contributed by atoms with Crippen LogP contribution >= 0.6 is 0 Å². The third kappa shape index (κ3) is 3.75. The molecule has 1 fully saturated rings. The maximum atomic E-state index is 11.3. The minimum absolute atomic E-state index is 0.0240. The molecule has 0 bridgehead atoms. The summed E-state index contributed by atoms with van der Waals surface area (Å²) in [5, 5.41) is 18.2. The Balaban J connectivity index is 2.61. The van der Waals surface area contributed by atoms with E-state index in [-0.39, 0.29) is 17.4 Å². The van der Waals surface area contributed by atoms with E-state index in [1.165, 1.54) is 0 Å². The van der Waals surface area contributed by atoms with Gasteiger partial charge in [0.15, 0.2) is 9.84 Å². The standard InChI is InChI=1S/C10H18O5S/c1-7(11)2-3-9(10(12)13)8-4-5-16(14,15)6-8/h7-9,11H,2-6H2,1H3,(H,12,13). The van der Waals surface area contributed by atoms with Gasteiger partial charge in [-0.25, -0.2) is 8.42 Å². The first-order valence-corrected chi connectivity index (χ1v) is 7.25. The van der Waals surface area contributed by atoms with Crippen LogP contribution in [0.25, 0.3) is 0 Å². The molecule has 0 aromatic rings. The van der Waals surface area contributed by atoms with E-state index >= 15 is 0 Å². The highest BCUT2D eigenvalue weighted by molar-refractivity contribution is 7.91. The highest BCUT2D eigenvalue weighted by Gasteiger charge is 2.37. The van der Waals surface area contributed by atoms with Crippen LogP contribution in [-0.4, -0.2) is 42.2 Å². The van der Waals surface area contributed by atoms with E-state index in [0.717, 1.165) is 0 Å². The normalized spacial score (nSPS) is 27.5. The number of aliphatic hydroxyl groups is 1. The molecule has 6 heteroatoms. The first-order valence-electron chi connectivity index (χ1n) is 5.43. The fourth-order valence-electron chi connectivity index (χ4n) is 2.12. The van der Waals surface area contributed by atoms with E-state index in [9.17, 15) is 13.2 Å². The van der Waals surface area contributed by atoms with Crippen molar-refractivity contribution in [3.8, 4) is 0 Å². The summed E-state index contributed by atoms with van der Waals surface area (Å²) in [4.78, 5) is 11.0. The molecule has 5 nitrogen and oxygen atoms in total. The number of aliphatic carboxylic acids is 1. The summed E-state index contributed by atoms with van der Waals surface area (Å²) in [6, 6.07) is 0. The summed E-state index contributed by atoms with van der Waals surface area (Å²) in [7, 11) is -3.04. The summed E-state index contributed by atoms with van der Waals surface area (Å²) >= 11 is 0. The Morgan fingerprint density at radius 1 is 1.44 bits per heavy atom. The summed E-state index contributed by atoms with van der Waals surface area (Å²) in [6.45, 7) is 1.60. The zero-order chi connectivity index (χ0) is 12.3. The Hall–Kier alpha value is -0.620. The lowest BCUT2D eigenvalue weighted by Crippen LogP contribution is -2.25. The van der Waals surface area contributed by atoms with Crippen LogP contribution < -0.4 is 0 Å². The summed E-state index contributed by atoms with van der Waals surface area (Å²) in [5.41, 5.74) is 0. The van der Waals surface area contributed by atoms with Crippen LogP contribution in [-0.2, 0) is 14.6 Å². The van der Waals surface area contributed by atoms with Gasteiger partial charge >= 0.3 is 5.97 Å². The smallest absolute Gasteiger partial charge is 0.306 e. The second kappa shape index (κ2) is 5.14. The molecule has 3 atom stereocenters. The Bertz CT molecular complexity index is 346. The highest BCUT2D eigenvalue weighted by atomic mass is 32.2. The number of carboxylic acid groups (broad SMARTS) is 1. The van der Waals surface area contributed by atoms with Crippen LogP contribution in [0.3, 0.4) is 0 Å². The molecule has 1 heterocycles. The third-order valence-corrected chi connectivity index (χ3v) is 4.84. The van der Waals surface area contributed by atoms with E-state index in [4.69, 9.17) is 10.2 Å². The summed E-state index contributed by atoms with van der Waals surface area (Å²) in [6.07, 6.45) is 0.625. The van der Waals surface area contributed by atoms with Crippen molar-refractivity contribution in [2.24, 2.45) is 11.8 Å². The van der Waals surface area contributed by atoms with Crippen molar-refractivity contribution >= 4 is 15.8 Å². The monoisotopic (exact) mass is 250 g/mol. The number of carbonyl (C=O) groups is 1. The lowest BCUT2D eigenvalue weighted by Gasteiger charge is -2.18. The average molecular weight is 250 g/mol. The van der Waals surface area contributed by atoms with E-state index in [1.54, 1.807) is 6.92 Å². The van der Waals surface area contributed by atoms with Crippen molar-refractivity contribution in [1.29, 1.82) is 0 Å². The highest BCUT2D eigenvalue weighted by Crippen LogP contribution is 2.29. The van der Waals surface area contributed by atoms with Crippen LogP contribution in [0, 0.1) is 11.8 Å². The lowest BCUT2D eigenvalue weighted by molar-refractivity contribution is -0.143. The van der Waals surface area contributed by atoms with Gasteiger partial charge in [0.25, 0.3) is 0 Å². The van der Waals surface area contributed by atoms with Gasteiger partial charge in [0, 0.05) is 0 Å². The van der Waals surface area contributed by atoms with Crippen molar-refractivity contribution in [3.05, 3.63) is 0 Å². The quantitative estimate of drug-likeness (QED) is 0.731. The number of hydrogen-bond donors (Lipinski definition) is 2. The van der Waals surface area contributed by atoms with Gasteiger partial charge in [-0.1, -0.05) is 0 Å². The van der Waals surface area contributed by atoms with Gasteiger partial charge in [-0.2, -0.15) is 0 Å². The van der Waals surface area contributed by atoms with Crippen LogP contribution in [0.1, 0.15) is 26.2 Å². The largest absolute Gasteiger partial charge is 0.481 e. The fourth-order valence-corrected chi connectivity index (χ4v) is 4.00. The average Bonchev–Trinajstić information content (AvgIpc) is 2.45. The maximum absolute atomic E-state index is 11.3. The molecule has 1 rings (SSSR count). The van der Waals surface area contributed by atoms with Crippen LogP contribution in [0.5, 0.6) is 0 Å². The van der Waals surface area contributed by atoms with Crippen LogP contribution in [0.4, 0.5) is 0 Å². The van der Waals surface area contributed by atoms with Gasteiger partial charge in [0.05, 0.1) is 23.5 Å². The SMILES string of the molecule is CC(O)CCC(C(=O)O)C1CCS(=O)(=O)C1. The lowest BCUT2D eigenvalue weighted by atomic mass is 9.87. The zero-order valence-corrected chi connectivity index (χ0v) is 10.1. The molecule has 1 aliphatic rings. The minimum atomic E-state index is -3.04. The van der Waals surface area contributed by atoms with Crippen molar-refractivity contribution in [3.63, 3.8) is 0 Å². The molecule has 0 aromatic heterocycles. The number of carboxylic acids is 1. The van der Waals surface area contributed by atoms with Crippen LogP contribution in [0.15, 0.2) is 0 Å². The van der Waals surface area contributed by atoms with Crippen molar-refractivity contribution < 1.29 is 23.4 Å². The molecular weight excluding hydrogens is 232 g/mol. The molecule has 3 unspecified atom stereocenters. The Morgan fingerprint density at radius 3 is 2.44 bits per heavy atom. The van der Waals surface area contributed by atoms with Crippen LogP contribution in [0.2, 0.25) is 0 Å². The molecule has 1 aliphatic heterocycles. The number of sulfone groups is 1. The Morgan fingerprint density at radius 2 is 2.06 bits per heavy atom. The van der Waals surface area contributed by atoms with E-state index in [0.29, 0.717) is 19.3 Å². The van der Waals surface area contributed by atoms with E-state index in [1.807, 2.05) is 0 Å². The first-order chi connectivity index (χ1) is 7.32. The van der Waals surface area contributed by atoms with Gasteiger partial charge in [0.1, 0.15) is 0 Å². The third-order valence-electron chi connectivity index (χ3n) is 3.05. The van der Waals surface area contributed by atoms with Crippen molar-refractivity contribution in [2.75, 3.05) is 11.5 Å². The Kier molecular flexibility index (Phi) is 4.32. The minimum Gasteiger partial charge on any atom is -0.481 e. The second-order valence-electron chi connectivity index (χ2n) is 4.53. The predicted molar refractivity (Wildman–Crippen MR) is 58.8 cm³/mol. The van der Waals surface area contributed by atoms with Gasteiger partial charge in [0.2, 0.25) is 0 Å². The molecule has 16 heavy (non-hydrogen) atoms. The molecule has 2 N–H and O–H groups in total. The predicted octanol–water partition coefficient (Wildman–Crippen LogP) is 0.283. The zero-order valence-electron chi connectivity index (χ0n) is 9.30. The van der Waals surface area contributed by atoms with Gasteiger partial charge in [-0.3, -0.25) is 4.79 Å². The number of rotatable bonds is 5. The van der Waals surface area contributed by atoms with E-state index < -0.39 is 27.8 Å². The molecule has 94 valence electrons. The van der Waals surface area contributed by atoms with Crippen molar-refractivity contribution in [1.82, 2.24) is 0 Å². The molecule has 0 aromatic carbocycles. The molecule has 0 aliphatic carbocycles. The van der Waals surface area contributed by atoms with Gasteiger partial charge in [-0.15, -0.1) is 0 Å². The maximum Gasteiger partial charge on any atom is 0.306 e. The Labute approximate surface area is 95.4 Å². The number of aliphatic hydroxyl groups excluding tert-OH is 1. The summed E-state index contributed by atoms with van der Waals surface area (Å²) in [5.74, 6) is -1.82. The second-order valence-corrected chi connectivity index (χ2v) is 6.76. The number of hydrogen-bond acceptors (Lipinski definition) is 4. The van der Waals surface area contributed by atoms with Crippen molar-refractivity contribution in [2.45, 2.75) is 32.3 Å². The molecule has 0 radical (unpaired) electrons. The van der Waals surface area contributed by atoms with Gasteiger partial charge < -0.3 is 10.2 Å².